The van der Waals surface area contributed by atoms with E-state index in [1.165, 1.54) is 25.7 Å². The molecule has 4 nitrogen and oxygen atoms in total. The summed E-state index contributed by atoms with van der Waals surface area (Å²) in [6, 6.07) is 2.05. The van der Waals surface area contributed by atoms with Gasteiger partial charge in [0.05, 0.1) is 12.1 Å². The molecule has 0 aromatic heterocycles. The summed E-state index contributed by atoms with van der Waals surface area (Å²) < 4.78 is 0. The summed E-state index contributed by atoms with van der Waals surface area (Å²) in [5.41, 5.74) is 0.252. The number of amides is 1. The first kappa shape index (κ1) is 12.0. The molecule has 1 amide bonds. The third-order valence-corrected chi connectivity index (χ3v) is 4.94. The SMILES string of the molecule is N#C[C@@H]1CCCN1C(=O)C1CCC2(CCCC2)N1. The van der Waals surface area contributed by atoms with E-state index in [1.807, 2.05) is 0 Å². The van der Waals surface area contributed by atoms with E-state index in [2.05, 4.69) is 11.4 Å². The minimum Gasteiger partial charge on any atom is -0.325 e. The van der Waals surface area contributed by atoms with Crippen LogP contribution in [0.15, 0.2) is 0 Å². The zero-order valence-electron chi connectivity index (χ0n) is 10.8. The van der Waals surface area contributed by atoms with Gasteiger partial charge >= 0.3 is 0 Å². The van der Waals surface area contributed by atoms with Crippen molar-refractivity contribution in [3.05, 3.63) is 0 Å². The van der Waals surface area contributed by atoms with Gasteiger partial charge in [0.1, 0.15) is 6.04 Å². The predicted octanol–water partition coefficient (Wildman–Crippen LogP) is 1.57. The van der Waals surface area contributed by atoms with E-state index in [0.717, 1.165) is 32.2 Å². The maximum absolute atomic E-state index is 12.5. The van der Waals surface area contributed by atoms with E-state index in [-0.39, 0.29) is 23.5 Å². The minimum absolute atomic E-state index is 0.0305. The van der Waals surface area contributed by atoms with Crippen molar-refractivity contribution >= 4 is 5.91 Å². The van der Waals surface area contributed by atoms with Gasteiger partial charge in [0.15, 0.2) is 0 Å². The van der Waals surface area contributed by atoms with Gasteiger partial charge in [-0.25, -0.2) is 0 Å². The highest BCUT2D eigenvalue weighted by Gasteiger charge is 2.44. The highest BCUT2D eigenvalue weighted by molar-refractivity contribution is 5.83. The lowest BCUT2D eigenvalue weighted by Crippen LogP contribution is -2.50. The molecule has 1 saturated carbocycles. The normalized spacial score (nSPS) is 34.1. The van der Waals surface area contributed by atoms with Crippen molar-refractivity contribution in [3.8, 4) is 6.07 Å². The Morgan fingerprint density at radius 1 is 1.22 bits per heavy atom. The highest BCUT2D eigenvalue weighted by atomic mass is 16.2. The molecule has 1 unspecified atom stereocenters. The summed E-state index contributed by atoms with van der Waals surface area (Å²) >= 11 is 0. The number of likely N-dealkylation sites (tertiary alicyclic amines) is 1. The van der Waals surface area contributed by atoms with Crippen LogP contribution >= 0.6 is 0 Å². The molecule has 3 fully saturated rings. The number of nitriles is 1. The Kier molecular flexibility index (Phi) is 3.03. The van der Waals surface area contributed by atoms with Crippen LogP contribution in [-0.2, 0) is 4.79 Å². The second-order valence-corrected chi connectivity index (χ2v) is 6.04. The number of hydrogen-bond donors (Lipinski definition) is 1. The number of hydrogen-bond acceptors (Lipinski definition) is 3. The lowest BCUT2D eigenvalue weighted by Gasteiger charge is -2.27. The Bertz CT molecular complexity index is 381. The van der Waals surface area contributed by atoms with Gasteiger partial charge in [0.25, 0.3) is 0 Å². The smallest absolute Gasteiger partial charge is 0.240 e. The van der Waals surface area contributed by atoms with Gasteiger partial charge < -0.3 is 10.2 Å². The minimum atomic E-state index is -0.181. The molecule has 2 heterocycles. The maximum Gasteiger partial charge on any atom is 0.240 e. The summed E-state index contributed by atoms with van der Waals surface area (Å²) in [7, 11) is 0. The molecule has 98 valence electrons. The average molecular weight is 247 g/mol. The van der Waals surface area contributed by atoms with Crippen LogP contribution in [0.2, 0.25) is 0 Å². The van der Waals surface area contributed by atoms with Gasteiger partial charge in [-0.3, -0.25) is 4.79 Å². The molecule has 2 aliphatic heterocycles. The number of nitrogens with one attached hydrogen (secondary N) is 1. The first-order valence-electron chi connectivity index (χ1n) is 7.22. The van der Waals surface area contributed by atoms with E-state index in [0.29, 0.717) is 0 Å². The van der Waals surface area contributed by atoms with E-state index in [1.54, 1.807) is 4.90 Å². The van der Waals surface area contributed by atoms with Crippen LogP contribution in [0.5, 0.6) is 0 Å². The van der Waals surface area contributed by atoms with Gasteiger partial charge in [-0.2, -0.15) is 5.26 Å². The quantitative estimate of drug-likeness (QED) is 0.765. The zero-order valence-corrected chi connectivity index (χ0v) is 10.8. The van der Waals surface area contributed by atoms with E-state index in [9.17, 15) is 4.79 Å². The standard InChI is InChI=1S/C14H21N3O/c15-10-11-4-3-9-17(11)13(18)12-5-8-14(16-12)6-1-2-7-14/h11-12,16H,1-9H2/t11-,12?/m0/s1. The molecular formula is C14H21N3O. The first-order chi connectivity index (χ1) is 8.74. The second-order valence-electron chi connectivity index (χ2n) is 6.04. The van der Waals surface area contributed by atoms with Gasteiger partial charge in [-0.1, -0.05) is 12.8 Å². The van der Waals surface area contributed by atoms with Crippen molar-refractivity contribution < 1.29 is 4.79 Å². The summed E-state index contributed by atoms with van der Waals surface area (Å²) in [5.74, 6) is 0.169. The molecule has 1 aliphatic carbocycles. The third kappa shape index (κ3) is 1.91. The van der Waals surface area contributed by atoms with Crippen LogP contribution in [0.3, 0.4) is 0 Å². The molecule has 3 rings (SSSR count). The van der Waals surface area contributed by atoms with E-state index < -0.39 is 0 Å². The van der Waals surface area contributed by atoms with Crippen molar-refractivity contribution in [1.29, 1.82) is 5.26 Å². The summed E-state index contributed by atoms with van der Waals surface area (Å²) in [6.07, 6.45) is 8.93. The van der Waals surface area contributed by atoms with Crippen molar-refractivity contribution in [2.24, 2.45) is 0 Å². The van der Waals surface area contributed by atoms with Crippen molar-refractivity contribution in [3.63, 3.8) is 0 Å². The van der Waals surface area contributed by atoms with Crippen LogP contribution in [0.25, 0.3) is 0 Å². The Morgan fingerprint density at radius 2 is 2.00 bits per heavy atom. The molecule has 3 aliphatic rings. The fourth-order valence-electron chi connectivity index (χ4n) is 3.93. The van der Waals surface area contributed by atoms with E-state index in [4.69, 9.17) is 5.26 Å². The van der Waals surface area contributed by atoms with Gasteiger partial charge in [-0.05, 0) is 38.5 Å². The largest absolute Gasteiger partial charge is 0.325 e. The van der Waals surface area contributed by atoms with Crippen LogP contribution in [0.4, 0.5) is 0 Å². The molecule has 4 heteroatoms. The Morgan fingerprint density at radius 3 is 2.72 bits per heavy atom. The van der Waals surface area contributed by atoms with Gasteiger partial charge in [0.2, 0.25) is 5.91 Å². The molecule has 0 aromatic rings. The summed E-state index contributed by atoms with van der Waals surface area (Å²) in [5, 5.41) is 12.7. The third-order valence-electron chi connectivity index (χ3n) is 4.94. The molecule has 1 N–H and O–H groups in total. The van der Waals surface area contributed by atoms with Gasteiger partial charge in [0, 0.05) is 12.1 Å². The predicted molar refractivity (Wildman–Crippen MR) is 67.7 cm³/mol. The van der Waals surface area contributed by atoms with Crippen LogP contribution in [0, 0.1) is 11.3 Å². The van der Waals surface area contributed by atoms with Gasteiger partial charge in [-0.15, -0.1) is 0 Å². The average Bonchev–Trinajstić information content (AvgIpc) is 3.11. The van der Waals surface area contributed by atoms with Crippen LogP contribution in [0.1, 0.15) is 51.4 Å². The highest BCUT2D eigenvalue weighted by Crippen LogP contribution is 2.39. The fourth-order valence-corrected chi connectivity index (χ4v) is 3.93. The Balaban J connectivity index is 1.66. The lowest BCUT2D eigenvalue weighted by molar-refractivity contribution is -0.133. The molecule has 2 saturated heterocycles. The van der Waals surface area contributed by atoms with Crippen molar-refractivity contribution in [2.45, 2.75) is 69.0 Å². The fraction of sp³-hybridized carbons (Fsp3) is 0.857. The maximum atomic E-state index is 12.5. The molecule has 0 radical (unpaired) electrons. The second kappa shape index (κ2) is 4.55. The molecular weight excluding hydrogens is 226 g/mol. The summed E-state index contributed by atoms with van der Waals surface area (Å²) in [4.78, 5) is 14.3. The summed E-state index contributed by atoms with van der Waals surface area (Å²) in [6.45, 7) is 0.766. The molecule has 1 spiro atoms. The lowest BCUT2D eigenvalue weighted by atomic mass is 9.96. The molecule has 0 bridgehead atoms. The van der Waals surface area contributed by atoms with Crippen molar-refractivity contribution in [2.75, 3.05) is 6.54 Å². The van der Waals surface area contributed by atoms with Crippen LogP contribution in [-0.4, -0.2) is 35.0 Å². The molecule has 0 aromatic carbocycles. The Labute approximate surface area is 108 Å². The first-order valence-corrected chi connectivity index (χ1v) is 7.22. The number of rotatable bonds is 1. The molecule has 18 heavy (non-hydrogen) atoms. The number of carbonyl (C=O) groups is 1. The Hall–Kier alpha value is -1.08. The number of nitrogens with zero attached hydrogens (tertiary/aromatic N) is 2. The zero-order chi connectivity index (χ0) is 12.6. The van der Waals surface area contributed by atoms with Crippen LogP contribution < -0.4 is 5.32 Å². The number of carbonyl (C=O) groups excluding carboxylic acids is 1. The molecule has 2 atom stereocenters. The van der Waals surface area contributed by atoms with E-state index >= 15 is 0 Å². The topological polar surface area (TPSA) is 56.1 Å². The van der Waals surface area contributed by atoms with Crippen molar-refractivity contribution in [1.82, 2.24) is 10.2 Å². The monoisotopic (exact) mass is 247 g/mol.